The number of hydrogen-bond donors (Lipinski definition) is 1. The first-order chi connectivity index (χ1) is 12.4. The summed E-state index contributed by atoms with van der Waals surface area (Å²) >= 11 is 0. The Kier molecular flexibility index (Phi) is 3.72. The van der Waals surface area contributed by atoms with Crippen LogP contribution < -0.4 is 5.73 Å². The maximum atomic E-state index is 6.26. The molecule has 4 aromatic rings. The van der Waals surface area contributed by atoms with Crippen LogP contribution in [0.4, 0.5) is 5.95 Å². The molecule has 0 aliphatic carbocycles. The SMILES string of the molecule is CC(C)(C)c1ccc(-n2c(N)nc3c(-c4ccccn4)nccc32)cc1. The van der Waals surface area contributed by atoms with E-state index in [4.69, 9.17) is 5.73 Å². The van der Waals surface area contributed by atoms with Gasteiger partial charge in [0.05, 0.1) is 11.2 Å². The predicted octanol–water partition coefficient (Wildman–Crippen LogP) is 4.36. The third-order valence-electron chi connectivity index (χ3n) is 4.50. The Morgan fingerprint density at radius 1 is 0.885 bits per heavy atom. The predicted molar refractivity (Wildman–Crippen MR) is 105 cm³/mol. The second-order valence-corrected chi connectivity index (χ2v) is 7.34. The molecular formula is C21H21N5. The van der Waals surface area contributed by atoms with E-state index >= 15 is 0 Å². The van der Waals surface area contributed by atoms with E-state index in [1.807, 2.05) is 28.8 Å². The molecule has 0 unspecified atom stereocenters. The number of benzene rings is 1. The average molecular weight is 343 g/mol. The topological polar surface area (TPSA) is 69.6 Å². The molecule has 0 spiro atoms. The highest BCUT2D eigenvalue weighted by Crippen LogP contribution is 2.30. The molecule has 0 amide bonds. The van der Waals surface area contributed by atoms with Crippen molar-refractivity contribution in [1.29, 1.82) is 0 Å². The van der Waals surface area contributed by atoms with Crippen molar-refractivity contribution in [3.8, 4) is 17.1 Å². The molecule has 0 bridgehead atoms. The molecule has 0 saturated heterocycles. The van der Waals surface area contributed by atoms with Crippen LogP contribution in [0.1, 0.15) is 26.3 Å². The summed E-state index contributed by atoms with van der Waals surface area (Å²) in [6.07, 6.45) is 3.52. The third-order valence-corrected chi connectivity index (χ3v) is 4.50. The van der Waals surface area contributed by atoms with Gasteiger partial charge in [0.1, 0.15) is 11.2 Å². The van der Waals surface area contributed by atoms with E-state index in [9.17, 15) is 0 Å². The van der Waals surface area contributed by atoms with Crippen LogP contribution in [0.2, 0.25) is 0 Å². The first-order valence-corrected chi connectivity index (χ1v) is 8.60. The van der Waals surface area contributed by atoms with Crippen molar-refractivity contribution in [2.75, 3.05) is 5.73 Å². The van der Waals surface area contributed by atoms with Gasteiger partial charge < -0.3 is 5.73 Å². The number of imidazole rings is 1. The van der Waals surface area contributed by atoms with E-state index in [0.29, 0.717) is 5.95 Å². The van der Waals surface area contributed by atoms with Crippen LogP contribution in [0.5, 0.6) is 0 Å². The highest BCUT2D eigenvalue weighted by atomic mass is 15.2. The first kappa shape index (κ1) is 16.3. The van der Waals surface area contributed by atoms with Crippen molar-refractivity contribution in [3.05, 3.63) is 66.5 Å². The Hall–Kier alpha value is -3.21. The molecule has 0 saturated carbocycles. The zero-order valence-corrected chi connectivity index (χ0v) is 15.1. The first-order valence-electron chi connectivity index (χ1n) is 8.60. The smallest absolute Gasteiger partial charge is 0.206 e. The van der Waals surface area contributed by atoms with Gasteiger partial charge >= 0.3 is 0 Å². The van der Waals surface area contributed by atoms with Gasteiger partial charge in [-0.15, -0.1) is 0 Å². The molecule has 5 heteroatoms. The number of hydrogen-bond acceptors (Lipinski definition) is 4. The van der Waals surface area contributed by atoms with Gasteiger partial charge in [0, 0.05) is 18.1 Å². The summed E-state index contributed by atoms with van der Waals surface area (Å²) in [5.41, 5.74) is 11.8. The second kappa shape index (κ2) is 5.95. The Morgan fingerprint density at radius 3 is 2.31 bits per heavy atom. The van der Waals surface area contributed by atoms with Gasteiger partial charge in [0.2, 0.25) is 5.95 Å². The van der Waals surface area contributed by atoms with Crippen LogP contribution in [-0.2, 0) is 5.41 Å². The lowest BCUT2D eigenvalue weighted by molar-refractivity contribution is 0.590. The van der Waals surface area contributed by atoms with Gasteiger partial charge in [-0.1, -0.05) is 39.0 Å². The summed E-state index contributed by atoms with van der Waals surface area (Å²) in [5.74, 6) is 0.439. The van der Waals surface area contributed by atoms with Crippen molar-refractivity contribution in [1.82, 2.24) is 19.5 Å². The van der Waals surface area contributed by atoms with Crippen molar-refractivity contribution < 1.29 is 0 Å². The van der Waals surface area contributed by atoms with E-state index in [1.165, 1.54) is 5.56 Å². The van der Waals surface area contributed by atoms with Crippen LogP contribution in [0, 0.1) is 0 Å². The molecule has 0 aliphatic rings. The largest absolute Gasteiger partial charge is 0.369 e. The normalized spacial score (nSPS) is 11.8. The van der Waals surface area contributed by atoms with Crippen molar-refractivity contribution in [3.63, 3.8) is 0 Å². The minimum absolute atomic E-state index is 0.108. The molecule has 4 rings (SSSR count). The lowest BCUT2D eigenvalue weighted by atomic mass is 9.87. The second-order valence-electron chi connectivity index (χ2n) is 7.34. The number of rotatable bonds is 2. The minimum atomic E-state index is 0.108. The molecule has 0 radical (unpaired) electrons. The highest BCUT2D eigenvalue weighted by Gasteiger charge is 2.17. The van der Waals surface area contributed by atoms with Gasteiger partial charge in [0.15, 0.2) is 0 Å². The van der Waals surface area contributed by atoms with Crippen LogP contribution in [-0.4, -0.2) is 19.5 Å². The molecule has 26 heavy (non-hydrogen) atoms. The number of anilines is 1. The molecule has 3 heterocycles. The Labute approximate surface area is 152 Å². The number of pyridine rings is 2. The van der Waals surface area contributed by atoms with E-state index in [0.717, 1.165) is 28.1 Å². The van der Waals surface area contributed by atoms with Crippen molar-refractivity contribution >= 4 is 17.0 Å². The fourth-order valence-electron chi connectivity index (χ4n) is 3.09. The molecule has 1 aromatic carbocycles. The van der Waals surface area contributed by atoms with E-state index in [1.54, 1.807) is 12.4 Å². The van der Waals surface area contributed by atoms with Gasteiger partial charge in [-0.25, -0.2) is 4.98 Å². The molecule has 2 N–H and O–H groups in total. The van der Waals surface area contributed by atoms with Gasteiger partial charge in [-0.05, 0) is 41.3 Å². The molecule has 5 nitrogen and oxygen atoms in total. The van der Waals surface area contributed by atoms with Gasteiger partial charge in [0.25, 0.3) is 0 Å². The summed E-state index contributed by atoms with van der Waals surface area (Å²) in [6.45, 7) is 6.61. The zero-order valence-electron chi connectivity index (χ0n) is 15.1. The van der Waals surface area contributed by atoms with Crippen molar-refractivity contribution in [2.45, 2.75) is 26.2 Å². The Morgan fingerprint density at radius 2 is 1.65 bits per heavy atom. The number of aromatic nitrogens is 4. The maximum Gasteiger partial charge on any atom is 0.206 e. The minimum Gasteiger partial charge on any atom is -0.369 e. The van der Waals surface area contributed by atoms with Crippen LogP contribution >= 0.6 is 0 Å². The summed E-state index contributed by atoms with van der Waals surface area (Å²) < 4.78 is 1.95. The average Bonchev–Trinajstić information content (AvgIpc) is 2.97. The fourth-order valence-corrected chi connectivity index (χ4v) is 3.09. The lowest BCUT2D eigenvalue weighted by Crippen LogP contribution is -2.11. The third kappa shape index (κ3) is 2.71. The number of nitrogens with two attached hydrogens (primary N) is 1. The number of fused-ring (bicyclic) bond motifs is 1. The summed E-state index contributed by atoms with van der Waals surface area (Å²) in [4.78, 5) is 13.4. The standard InChI is InChI=1S/C21H21N5/c1-21(2,3)14-7-9-15(10-8-14)26-17-11-13-24-18(19(17)25-20(26)22)16-6-4-5-12-23-16/h4-13H,1-3H3,(H2,22,25). The Bertz CT molecular complexity index is 1060. The molecule has 130 valence electrons. The quantitative estimate of drug-likeness (QED) is 0.587. The maximum absolute atomic E-state index is 6.26. The van der Waals surface area contributed by atoms with Crippen LogP contribution in [0.3, 0.4) is 0 Å². The summed E-state index contributed by atoms with van der Waals surface area (Å²) in [6, 6.07) is 16.1. The van der Waals surface area contributed by atoms with Crippen LogP contribution in [0.15, 0.2) is 60.9 Å². The Balaban J connectivity index is 1.88. The molecule has 0 fully saturated rings. The monoisotopic (exact) mass is 343 g/mol. The number of nitrogen functional groups attached to an aromatic ring is 1. The van der Waals surface area contributed by atoms with E-state index in [2.05, 4.69) is 60.0 Å². The van der Waals surface area contributed by atoms with Gasteiger partial charge in [-0.2, -0.15) is 0 Å². The molecule has 0 aliphatic heterocycles. The van der Waals surface area contributed by atoms with Crippen molar-refractivity contribution in [2.24, 2.45) is 0 Å². The molecule has 3 aromatic heterocycles. The summed E-state index contributed by atoms with van der Waals surface area (Å²) in [7, 11) is 0. The molecular weight excluding hydrogens is 322 g/mol. The van der Waals surface area contributed by atoms with Crippen LogP contribution in [0.25, 0.3) is 28.1 Å². The van der Waals surface area contributed by atoms with E-state index in [-0.39, 0.29) is 5.41 Å². The van der Waals surface area contributed by atoms with E-state index < -0.39 is 0 Å². The summed E-state index contributed by atoms with van der Waals surface area (Å²) in [5, 5.41) is 0. The van der Waals surface area contributed by atoms with Gasteiger partial charge in [-0.3, -0.25) is 14.5 Å². The zero-order chi connectivity index (χ0) is 18.3. The highest BCUT2D eigenvalue weighted by molar-refractivity contribution is 5.91. The molecule has 0 atom stereocenters. The number of nitrogens with zero attached hydrogens (tertiary/aromatic N) is 4. The fraction of sp³-hybridized carbons (Fsp3) is 0.190. The lowest BCUT2D eigenvalue weighted by Gasteiger charge is -2.19.